The normalized spacial score (nSPS) is 24.5. The number of nitrogens with zero attached hydrogens (tertiary/aromatic N) is 3. The summed E-state index contributed by atoms with van der Waals surface area (Å²) >= 11 is 0. The van der Waals surface area contributed by atoms with E-state index in [1.54, 1.807) is 7.11 Å². The lowest BCUT2D eigenvalue weighted by molar-refractivity contribution is -0.142. The standard InChI is InChI=1S/C23H29N5O3/c1-31-17-4-2-3-16(11-17)13-24-22(29)21-18-7-10-28(14-19(18)25-26-21)23(30)20-12-15-5-8-27(20)9-6-15/h2-4,11,15,20H,5-10,12-14H2,1H3,(H,24,29)(H,25,26). The Bertz CT molecular complexity index is 979. The van der Waals surface area contributed by atoms with E-state index < -0.39 is 0 Å². The van der Waals surface area contributed by atoms with Crippen molar-refractivity contribution in [3.63, 3.8) is 0 Å². The van der Waals surface area contributed by atoms with Crippen LogP contribution in [0.1, 0.15) is 46.6 Å². The van der Waals surface area contributed by atoms with Crippen LogP contribution in [-0.2, 0) is 24.3 Å². The summed E-state index contributed by atoms with van der Waals surface area (Å²) in [7, 11) is 1.62. The van der Waals surface area contributed by atoms with E-state index >= 15 is 0 Å². The van der Waals surface area contributed by atoms with Crippen molar-refractivity contribution in [3.05, 3.63) is 46.8 Å². The molecule has 8 nitrogen and oxygen atoms in total. The Morgan fingerprint density at radius 2 is 2.10 bits per heavy atom. The first-order chi connectivity index (χ1) is 15.1. The Hall–Kier alpha value is -2.87. The van der Waals surface area contributed by atoms with Crippen LogP contribution in [-0.4, -0.2) is 64.6 Å². The number of amides is 2. The number of ether oxygens (including phenoxy) is 1. The average Bonchev–Trinajstić information content (AvgIpc) is 3.26. The minimum Gasteiger partial charge on any atom is -0.497 e. The fourth-order valence-corrected chi connectivity index (χ4v) is 5.18. The molecule has 0 spiro atoms. The van der Waals surface area contributed by atoms with Crippen molar-refractivity contribution in [1.29, 1.82) is 0 Å². The molecule has 0 radical (unpaired) electrons. The van der Waals surface area contributed by atoms with Gasteiger partial charge in [-0.1, -0.05) is 12.1 Å². The maximum atomic E-state index is 13.2. The van der Waals surface area contributed by atoms with Crippen molar-refractivity contribution in [2.75, 3.05) is 26.7 Å². The first-order valence-electron chi connectivity index (χ1n) is 11.1. The van der Waals surface area contributed by atoms with Gasteiger partial charge in [-0.05, 0) is 62.4 Å². The summed E-state index contributed by atoms with van der Waals surface area (Å²) in [6.07, 6.45) is 4.09. The first kappa shape index (κ1) is 20.1. The third-order valence-corrected chi connectivity index (χ3v) is 6.98. The Morgan fingerprint density at radius 1 is 1.26 bits per heavy atom. The molecule has 4 aliphatic heterocycles. The summed E-state index contributed by atoms with van der Waals surface area (Å²) in [6, 6.07) is 7.65. The van der Waals surface area contributed by atoms with E-state index in [0.29, 0.717) is 37.7 Å². The predicted octanol–water partition coefficient (Wildman–Crippen LogP) is 1.72. The van der Waals surface area contributed by atoms with Crippen LogP contribution in [0.3, 0.4) is 0 Å². The zero-order chi connectivity index (χ0) is 21.4. The summed E-state index contributed by atoms with van der Waals surface area (Å²) in [4.78, 5) is 30.2. The van der Waals surface area contributed by atoms with Crippen molar-refractivity contribution in [3.8, 4) is 5.75 Å². The van der Waals surface area contributed by atoms with Crippen molar-refractivity contribution in [2.45, 2.75) is 44.8 Å². The number of rotatable bonds is 5. The molecule has 0 aliphatic carbocycles. The molecule has 8 heteroatoms. The number of aromatic amines is 1. The van der Waals surface area contributed by atoms with Crippen LogP contribution < -0.4 is 10.1 Å². The number of benzene rings is 1. The van der Waals surface area contributed by atoms with Gasteiger partial charge in [0.15, 0.2) is 5.69 Å². The molecule has 3 saturated heterocycles. The molecule has 1 aromatic carbocycles. The quantitative estimate of drug-likeness (QED) is 0.764. The van der Waals surface area contributed by atoms with E-state index in [2.05, 4.69) is 20.4 Å². The number of nitrogens with one attached hydrogen (secondary N) is 2. The Balaban J connectivity index is 1.22. The number of aromatic nitrogens is 2. The molecule has 31 heavy (non-hydrogen) atoms. The lowest BCUT2D eigenvalue weighted by atomic mass is 9.82. The highest BCUT2D eigenvalue weighted by Gasteiger charge is 2.40. The van der Waals surface area contributed by atoms with Gasteiger partial charge in [0.2, 0.25) is 5.91 Å². The number of hydrogen-bond donors (Lipinski definition) is 2. The number of H-pyrrole nitrogens is 1. The van der Waals surface area contributed by atoms with E-state index in [0.717, 1.165) is 42.1 Å². The third-order valence-electron chi connectivity index (χ3n) is 6.98. The van der Waals surface area contributed by atoms with Crippen LogP contribution in [0.4, 0.5) is 0 Å². The monoisotopic (exact) mass is 423 g/mol. The van der Waals surface area contributed by atoms with Crippen LogP contribution in [0.15, 0.2) is 24.3 Å². The van der Waals surface area contributed by atoms with E-state index in [1.165, 1.54) is 12.8 Å². The van der Waals surface area contributed by atoms with Gasteiger partial charge >= 0.3 is 0 Å². The summed E-state index contributed by atoms with van der Waals surface area (Å²) in [6.45, 7) is 3.63. The van der Waals surface area contributed by atoms with Gasteiger partial charge in [-0.2, -0.15) is 5.10 Å². The predicted molar refractivity (Wildman–Crippen MR) is 115 cm³/mol. The van der Waals surface area contributed by atoms with Crippen LogP contribution >= 0.6 is 0 Å². The third kappa shape index (κ3) is 3.92. The van der Waals surface area contributed by atoms with Crippen molar-refractivity contribution in [2.24, 2.45) is 5.92 Å². The molecule has 1 aromatic heterocycles. The molecule has 5 heterocycles. The number of methoxy groups -OCH3 is 1. The molecule has 0 saturated carbocycles. The van der Waals surface area contributed by atoms with Gasteiger partial charge in [-0.3, -0.25) is 19.6 Å². The Labute approximate surface area is 181 Å². The highest BCUT2D eigenvalue weighted by atomic mass is 16.5. The fourth-order valence-electron chi connectivity index (χ4n) is 5.18. The Kier molecular flexibility index (Phi) is 5.40. The summed E-state index contributed by atoms with van der Waals surface area (Å²) in [5, 5.41) is 10.2. The maximum absolute atomic E-state index is 13.2. The number of carbonyl (C=O) groups is 2. The fraction of sp³-hybridized carbons (Fsp3) is 0.522. The minimum absolute atomic E-state index is 0.0302. The van der Waals surface area contributed by atoms with Gasteiger partial charge in [0, 0.05) is 18.7 Å². The summed E-state index contributed by atoms with van der Waals surface area (Å²) in [5.41, 5.74) is 3.20. The molecular weight excluding hydrogens is 394 g/mol. The molecule has 2 N–H and O–H groups in total. The Morgan fingerprint density at radius 3 is 2.84 bits per heavy atom. The zero-order valence-electron chi connectivity index (χ0n) is 17.9. The van der Waals surface area contributed by atoms with Crippen LogP contribution in [0.25, 0.3) is 0 Å². The highest BCUT2D eigenvalue weighted by Crippen LogP contribution is 2.33. The van der Waals surface area contributed by atoms with Gasteiger partial charge in [-0.25, -0.2) is 0 Å². The molecule has 6 rings (SSSR count). The molecule has 1 atom stereocenters. The number of hydrogen-bond acceptors (Lipinski definition) is 5. The lowest BCUT2D eigenvalue weighted by Gasteiger charge is -2.46. The van der Waals surface area contributed by atoms with Crippen molar-refractivity contribution in [1.82, 2.24) is 25.3 Å². The molecule has 2 aromatic rings. The van der Waals surface area contributed by atoms with E-state index in [-0.39, 0.29) is 17.9 Å². The molecular formula is C23H29N5O3. The van der Waals surface area contributed by atoms with Crippen molar-refractivity contribution >= 4 is 11.8 Å². The zero-order valence-corrected chi connectivity index (χ0v) is 17.9. The molecule has 1 unspecified atom stereocenters. The second-order valence-electron chi connectivity index (χ2n) is 8.80. The van der Waals surface area contributed by atoms with E-state index in [9.17, 15) is 9.59 Å². The van der Waals surface area contributed by atoms with Gasteiger partial charge in [0.05, 0.1) is 25.4 Å². The smallest absolute Gasteiger partial charge is 0.272 e. The van der Waals surface area contributed by atoms with Crippen LogP contribution in [0, 0.1) is 5.92 Å². The molecule has 3 fully saturated rings. The number of fused-ring (bicyclic) bond motifs is 4. The molecule has 2 bridgehead atoms. The van der Waals surface area contributed by atoms with E-state index in [4.69, 9.17) is 4.74 Å². The largest absolute Gasteiger partial charge is 0.497 e. The minimum atomic E-state index is -0.198. The van der Waals surface area contributed by atoms with Crippen molar-refractivity contribution < 1.29 is 14.3 Å². The van der Waals surface area contributed by atoms with Gasteiger partial charge in [-0.15, -0.1) is 0 Å². The second kappa shape index (κ2) is 8.34. The number of carbonyl (C=O) groups excluding carboxylic acids is 2. The number of piperidine rings is 3. The van der Waals surface area contributed by atoms with Crippen LogP contribution in [0.2, 0.25) is 0 Å². The summed E-state index contributed by atoms with van der Waals surface area (Å²) < 4.78 is 5.23. The second-order valence-corrected chi connectivity index (χ2v) is 8.80. The maximum Gasteiger partial charge on any atom is 0.272 e. The average molecular weight is 424 g/mol. The SMILES string of the molecule is COc1cccc(CNC(=O)c2n[nH]c3c2CCN(C(=O)C2CC4CCN2CC4)C3)c1. The topological polar surface area (TPSA) is 90.6 Å². The van der Waals surface area contributed by atoms with Gasteiger partial charge < -0.3 is 15.0 Å². The molecule has 2 amide bonds. The van der Waals surface area contributed by atoms with Gasteiger partial charge in [0.1, 0.15) is 5.75 Å². The summed E-state index contributed by atoms with van der Waals surface area (Å²) in [5.74, 6) is 1.49. The van der Waals surface area contributed by atoms with E-state index in [1.807, 2.05) is 29.2 Å². The molecule has 4 aliphatic rings. The van der Waals surface area contributed by atoms with Crippen LogP contribution in [0.5, 0.6) is 5.75 Å². The van der Waals surface area contributed by atoms with Gasteiger partial charge in [0.25, 0.3) is 5.91 Å². The molecule has 164 valence electrons. The highest BCUT2D eigenvalue weighted by molar-refractivity contribution is 5.94. The lowest BCUT2D eigenvalue weighted by Crippen LogP contribution is -2.56. The first-order valence-corrected chi connectivity index (χ1v) is 11.1.